The summed E-state index contributed by atoms with van der Waals surface area (Å²) >= 11 is 0. The number of aliphatic hydroxyl groups excluding tert-OH is 2. The molecule has 2 amide bonds. The molecule has 0 heterocycles. The molecule has 0 radical (unpaired) electrons. The zero-order chi connectivity index (χ0) is 31.6. The van der Waals surface area contributed by atoms with E-state index in [-0.39, 0.29) is 41.7 Å². The molecule has 2 unspecified atom stereocenters. The van der Waals surface area contributed by atoms with Gasteiger partial charge in [-0.15, -0.1) is 0 Å². The first-order chi connectivity index (χ1) is 19.3. The van der Waals surface area contributed by atoms with Gasteiger partial charge in [0.15, 0.2) is 17.1 Å². The number of hydrogen-bond donors (Lipinski definition) is 7. The van der Waals surface area contributed by atoms with Gasteiger partial charge in [0, 0.05) is 36.8 Å². The van der Waals surface area contributed by atoms with Crippen LogP contribution in [0.4, 0.5) is 11.4 Å². The maximum Gasteiger partial charge on any atom is 0.255 e. The van der Waals surface area contributed by atoms with E-state index in [2.05, 4.69) is 10.6 Å². The molecular weight excluding hydrogens is 546 g/mol. The van der Waals surface area contributed by atoms with Crippen LogP contribution in [0.15, 0.2) is 28.7 Å². The second-order valence-electron chi connectivity index (χ2n) is 12.7. The van der Waals surface area contributed by atoms with Gasteiger partial charge >= 0.3 is 0 Å². The maximum absolute atomic E-state index is 14.1. The van der Waals surface area contributed by atoms with Crippen LogP contribution in [-0.2, 0) is 20.8 Å². The maximum atomic E-state index is 14.1. The molecule has 4 rings (SSSR count). The summed E-state index contributed by atoms with van der Waals surface area (Å²) in [7, 11) is 6.62. The van der Waals surface area contributed by atoms with E-state index in [0.717, 1.165) is 0 Å². The highest BCUT2D eigenvalue weighted by Gasteiger charge is 2.63. The summed E-state index contributed by atoms with van der Waals surface area (Å²) in [4.78, 5) is 55.6. The molecule has 0 saturated carbocycles. The average Bonchev–Trinajstić information content (AvgIpc) is 2.85. The predicted octanol–water partition coefficient (Wildman–Crippen LogP) is 0.513. The van der Waals surface area contributed by atoms with Gasteiger partial charge in [-0.25, -0.2) is 0 Å². The Bertz CT molecular complexity index is 1450. The van der Waals surface area contributed by atoms with Gasteiger partial charge in [-0.1, -0.05) is 0 Å². The molecule has 13 heteroatoms. The van der Waals surface area contributed by atoms with E-state index in [1.165, 1.54) is 4.90 Å². The second-order valence-corrected chi connectivity index (χ2v) is 12.7. The Balaban J connectivity index is 1.87. The largest absolute Gasteiger partial charge is 0.510 e. The van der Waals surface area contributed by atoms with Crippen molar-refractivity contribution in [3.8, 4) is 5.75 Å². The van der Waals surface area contributed by atoms with Crippen LogP contribution in [0.2, 0.25) is 0 Å². The van der Waals surface area contributed by atoms with Crippen LogP contribution in [0.25, 0.3) is 0 Å². The number of carbonyl (C=O) groups is 4. The fourth-order valence-electron chi connectivity index (χ4n) is 6.33. The van der Waals surface area contributed by atoms with E-state index >= 15 is 0 Å². The number of benzene rings is 1. The Morgan fingerprint density at radius 3 is 2.26 bits per heavy atom. The van der Waals surface area contributed by atoms with Crippen LogP contribution in [0.3, 0.4) is 0 Å². The zero-order valence-corrected chi connectivity index (χ0v) is 24.8. The number of phenols is 1. The number of primary amides is 1. The van der Waals surface area contributed by atoms with Gasteiger partial charge < -0.3 is 41.7 Å². The summed E-state index contributed by atoms with van der Waals surface area (Å²) in [6, 6.07) is 0.487. The van der Waals surface area contributed by atoms with E-state index in [4.69, 9.17) is 5.73 Å². The van der Waals surface area contributed by atoms with Gasteiger partial charge in [0.1, 0.15) is 17.1 Å². The molecule has 0 aromatic heterocycles. The minimum atomic E-state index is -2.73. The normalized spacial score (nSPS) is 25.7. The van der Waals surface area contributed by atoms with Crippen molar-refractivity contribution in [2.24, 2.45) is 17.6 Å². The molecule has 0 bridgehead atoms. The monoisotopic (exact) mass is 585 g/mol. The van der Waals surface area contributed by atoms with Crippen LogP contribution in [0, 0.1) is 11.8 Å². The molecule has 228 valence electrons. The van der Waals surface area contributed by atoms with Crippen LogP contribution < -0.4 is 21.3 Å². The number of phenolic OH excluding ortho intramolecular Hbond substituents is 1. The molecule has 0 aliphatic heterocycles. The first-order valence-corrected chi connectivity index (χ1v) is 13.6. The van der Waals surface area contributed by atoms with Gasteiger partial charge in [0.2, 0.25) is 11.7 Å². The minimum absolute atomic E-state index is 0.0175. The predicted molar refractivity (Wildman–Crippen MR) is 154 cm³/mol. The number of aliphatic hydroxyl groups is 3. The number of nitrogens with two attached hydrogens (primary N) is 1. The lowest BCUT2D eigenvalue weighted by Gasteiger charge is -2.50. The summed E-state index contributed by atoms with van der Waals surface area (Å²) in [6.07, 6.45) is 0.117. The number of fused-ring (bicyclic) bond motifs is 3. The molecule has 13 nitrogen and oxygen atoms in total. The van der Waals surface area contributed by atoms with Gasteiger partial charge in [-0.2, -0.15) is 0 Å². The summed E-state index contributed by atoms with van der Waals surface area (Å²) in [5, 5.41) is 51.1. The van der Waals surface area contributed by atoms with E-state index in [0.29, 0.717) is 11.3 Å². The number of carbonyl (C=O) groups excluding carboxylic acids is 4. The number of hydrogen-bond acceptors (Lipinski definition) is 11. The Kier molecular flexibility index (Phi) is 7.68. The zero-order valence-electron chi connectivity index (χ0n) is 24.8. The van der Waals surface area contributed by atoms with Crippen molar-refractivity contribution in [2.75, 3.05) is 45.0 Å². The number of aromatic hydroxyl groups is 1. The van der Waals surface area contributed by atoms with E-state index in [1.54, 1.807) is 39.2 Å². The molecule has 0 fully saturated rings. The number of anilines is 2. The van der Waals surface area contributed by atoms with E-state index in [9.17, 15) is 39.6 Å². The molecule has 0 spiro atoms. The first-order valence-electron chi connectivity index (χ1n) is 13.6. The topological polar surface area (TPSA) is 206 Å². The number of rotatable bonds is 6. The Labute approximate surface area is 243 Å². The number of Topliss-reactive ketones (excluding diaryl/α,β-unsaturated/α-hetero) is 2. The van der Waals surface area contributed by atoms with Crippen molar-refractivity contribution in [3.05, 3.63) is 39.9 Å². The summed E-state index contributed by atoms with van der Waals surface area (Å²) in [5.41, 5.74) is 1.96. The second kappa shape index (κ2) is 10.4. The molecule has 4 atom stereocenters. The Hall–Kier alpha value is -3.94. The lowest BCUT2D eigenvalue weighted by Crippen LogP contribution is -2.63. The molecule has 42 heavy (non-hydrogen) atoms. The van der Waals surface area contributed by atoms with Crippen LogP contribution in [0.1, 0.15) is 43.1 Å². The van der Waals surface area contributed by atoms with Crippen LogP contribution in [-0.4, -0.2) is 101 Å². The fourth-order valence-corrected chi connectivity index (χ4v) is 6.33. The van der Waals surface area contributed by atoms with Crippen molar-refractivity contribution in [1.82, 2.24) is 10.2 Å². The quantitative estimate of drug-likeness (QED) is 0.181. The van der Waals surface area contributed by atoms with Crippen molar-refractivity contribution >= 4 is 34.8 Å². The molecule has 1 aromatic rings. The molecule has 0 saturated heterocycles. The van der Waals surface area contributed by atoms with Crippen molar-refractivity contribution in [2.45, 2.75) is 50.8 Å². The van der Waals surface area contributed by atoms with Gasteiger partial charge in [0.05, 0.1) is 23.8 Å². The smallest absolute Gasteiger partial charge is 0.255 e. The van der Waals surface area contributed by atoms with Gasteiger partial charge in [-0.05, 0) is 65.3 Å². The Morgan fingerprint density at radius 2 is 1.74 bits per heavy atom. The molecular formula is C29H39N5O8. The van der Waals surface area contributed by atoms with Gasteiger partial charge in [-0.3, -0.25) is 24.1 Å². The SMILES string of the molecule is CN(C)c1cc(NC(=O)CNC(C)(C)C)c(O)c2c1C[C@H]1CC3[C@@H](N(C)C)C(O)=C(C(N)=O)C(=O)C3(O)C(O)=C1C2=O. The average molecular weight is 586 g/mol. The molecule has 1 aromatic carbocycles. The third-order valence-corrected chi connectivity index (χ3v) is 8.23. The van der Waals surface area contributed by atoms with Crippen molar-refractivity contribution < 1.29 is 39.6 Å². The fraction of sp³-hybridized carbons (Fsp3) is 0.517. The third kappa shape index (κ3) is 4.80. The first kappa shape index (κ1) is 31.0. The number of likely N-dealkylation sites (N-methyl/N-ethyl adjacent to an activating group) is 1. The number of ketones is 2. The standard InChI is InChI=1S/C29H39N5O8/c1-28(2,3)31-11-17(35)32-15-10-16(33(4)5)13-8-12-9-14-21(34(6)7)24(38)20(27(30)41)26(40)29(14,42)25(39)18(12)23(37)19(13)22(15)36/h10,12,14,21,31,36,38-39,42H,8-9,11H2,1-7H3,(H2,30,41)(H,32,35)/t12-,14?,21+,29?/m0/s1. The number of allylic oxidation sites excluding steroid dienone is 1. The summed E-state index contributed by atoms with van der Waals surface area (Å²) in [5.74, 6) is -7.79. The van der Waals surface area contributed by atoms with E-state index in [1.807, 2.05) is 20.8 Å². The minimum Gasteiger partial charge on any atom is -0.510 e. The van der Waals surface area contributed by atoms with Crippen LogP contribution in [0.5, 0.6) is 5.75 Å². The Morgan fingerprint density at radius 1 is 1.12 bits per heavy atom. The molecule has 3 aliphatic carbocycles. The molecule has 3 aliphatic rings. The highest BCUT2D eigenvalue weighted by atomic mass is 16.3. The highest BCUT2D eigenvalue weighted by molar-refractivity contribution is 6.25. The molecule has 8 N–H and O–H groups in total. The van der Waals surface area contributed by atoms with Gasteiger partial charge in [0.25, 0.3) is 5.91 Å². The highest BCUT2D eigenvalue weighted by Crippen LogP contribution is 2.53. The summed E-state index contributed by atoms with van der Waals surface area (Å²) < 4.78 is 0. The number of nitrogens with zero attached hydrogens (tertiary/aromatic N) is 2. The lowest BCUT2D eigenvalue weighted by molar-refractivity contribution is -0.148. The van der Waals surface area contributed by atoms with Crippen LogP contribution >= 0.6 is 0 Å². The summed E-state index contributed by atoms with van der Waals surface area (Å²) in [6.45, 7) is 5.60. The van der Waals surface area contributed by atoms with E-state index < -0.39 is 69.7 Å². The number of nitrogens with one attached hydrogen (secondary N) is 2. The number of amides is 2. The van der Waals surface area contributed by atoms with Crippen molar-refractivity contribution in [3.63, 3.8) is 0 Å². The third-order valence-electron chi connectivity index (χ3n) is 8.23. The van der Waals surface area contributed by atoms with Crippen molar-refractivity contribution in [1.29, 1.82) is 0 Å². The lowest BCUT2D eigenvalue weighted by atomic mass is 9.58.